The predicted molar refractivity (Wildman–Crippen MR) is 116 cm³/mol. The number of rotatable bonds is 5. The summed E-state index contributed by atoms with van der Waals surface area (Å²) < 4.78 is 5.55. The Balaban J connectivity index is 1.58. The van der Waals surface area contributed by atoms with E-state index in [1.54, 1.807) is 7.11 Å². The fourth-order valence-electron chi connectivity index (χ4n) is 5.36. The monoisotopic (exact) mass is 395 g/mol. The Kier molecular flexibility index (Phi) is 5.67. The summed E-state index contributed by atoms with van der Waals surface area (Å²) in [6, 6.07) is 19.0. The van der Waals surface area contributed by atoms with Crippen LogP contribution in [-0.2, 0) is 12.1 Å². The molecule has 0 bridgehead atoms. The number of para-hydroxylation sites is 1. The molecule has 2 aromatic carbocycles. The van der Waals surface area contributed by atoms with Crippen molar-refractivity contribution in [3.63, 3.8) is 0 Å². The smallest absolute Gasteiger partial charge is 0.163 e. The van der Waals surface area contributed by atoms with Crippen molar-refractivity contribution in [1.29, 1.82) is 0 Å². The van der Waals surface area contributed by atoms with Gasteiger partial charge in [0, 0.05) is 29.7 Å². The third-order valence-corrected chi connectivity index (χ3v) is 7.23. The van der Waals surface area contributed by atoms with Crippen LogP contribution in [0.1, 0.15) is 36.8 Å². The minimum Gasteiger partial charge on any atom is -0.496 e. The molecule has 5 heteroatoms. The standard InChI is InChI=1S/C24H33N3O2/c1-26(2)24(20-10-5-4-6-11-20)15-13-23(14-16-24)18-25-22(28)27(23)17-19-9-7-8-12-21(19)29-3/h4-12,22,25,28H,13-18H2,1-3H3/t22?,23-,24+. The average molecular weight is 396 g/mol. The van der Waals surface area contributed by atoms with E-state index in [0.29, 0.717) is 6.54 Å². The zero-order valence-electron chi connectivity index (χ0n) is 17.8. The van der Waals surface area contributed by atoms with E-state index < -0.39 is 6.35 Å². The highest BCUT2D eigenvalue weighted by atomic mass is 16.5. The molecule has 1 unspecified atom stereocenters. The Morgan fingerprint density at radius 2 is 1.69 bits per heavy atom. The molecule has 1 aliphatic carbocycles. The van der Waals surface area contributed by atoms with E-state index in [1.165, 1.54) is 5.56 Å². The maximum absolute atomic E-state index is 10.8. The molecule has 4 rings (SSSR count). The van der Waals surface area contributed by atoms with Crippen LogP contribution in [0, 0.1) is 0 Å². The number of methoxy groups -OCH3 is 1. The molecule has 2 aliphatic rings. The number of hydrogen-bond donors (Lipinski definition) is 2. The zero-order chi connectivity index (χ0) is 20.5. The van der Waals surface area contributed by atoms with Gasteiger partial charge in [-0.1, -0.05) is 48.5 Å². The number of nitrogens with zero attached hydrogens (tertiary/aromatic N) is 2. The Bertz CT molecular complexity index is 816. The SMILES string of the molecule is COc1ccccc1CN1C(O)NC[C@]12CC[C@](c1ccccc1)(N(C)C)CC2. The lowest BCUT2D eigenvalue weighted by Gasteiger charge is -2.51. The highest BCUT2D eigenvalue weighted by molar-refractivity contribution is 5.34. The predicted octanol–water partition coefficient (Wildman–Crippen LogP) is 3.15. The molecule has 0 amide bonds. The van der Waals surface area contributed by atoms with Gasteiger partial charge >= 0.3 is 0 Å². The van der Waals surface area contributed by atoms with Crippen LogP contribution in [0.2, 0.25) is 0 Å². The van der Waals surface area contributed by atoms with Gasteiger partial charge in [0.15, 0.2) is 6.35 Å². The normalized spacial score (nSPS) is 30.2. The number of hydrogen-bond acceptors (Lipinski definition) is 5. The molecule has 2 fully saturated rings. The number of nitrogens with one attached hydrogen (secondary N) is 1. The molecule has 1 atom stereocenters. The molecule has 0 radical (unpaired) electrons. The topological polar surface area (TPSA) is 48.0 Å². The van der Waals surface area contributed by atoms with Crippen LogP contribution < -0.4 is 10.1 Å². The molecular weight excluding hydrogens is 362 g/mol. The third-order valence-electron chi connectivity index (χ3n) is 7.23. The van der Waals surface area contributed by atoms with Gasteiger partial charge in [-0.2, -0.15) is 0 Å². The second-order valence-corrected chi connectivity index (χ2v) is 8.71. The molecule has 1 aliphatic heterocycles. The second-order valence-electron chi connectivity index (χ2n) is 8.71. The van der Waals surface area contributed by atoms with Crippen LogP contribution in [0.3, 0.4) is 0 Å². The highest BCUT2D eigenvalue weighted by Gasteiger charge is 2.52. The summed E-state index contributed by atoms with van der Waals surface area (Å²) in [5.41, 5.74) is 2.53. The molecule has 1 saturated carbocycles. The van der Waals surface area contributed by atoms with Gasteiger partial charge < -0.3 is 9.84 Å². The first-order valence-corrected chi connectivity index (χ1v) is 10.5. The van der Waals surface area contributed by atoms with Crippen LogP contribution in [0.15, 0.2) is 54.6 Å². The first-order chi connectivity index (χ1) is 14.0. The molecule has 156 valence electrons. The van der Waals surface area contributed by atoms with E-state index in [4.69, 9.17) is 4.74 Å². The Hall–Kier alpha value is -1.92. The second kappa shape index (κ2) is 8.07. The van der Waals surface area contributed by atoms with E-state index in [1.807, 2.05) is 18.2 Å². The van der Waals surface area contributed by atoms with Crippen molar-refractivity contribution in [3.05, 3.63) is 65.7 Å². The van der Waals surface area contributed by atoms with Gasteiger partial charge in [-0.05, 0) is 51.4 Å². The maximum Gasteiger partial charge on any atom is 0.163 e. The summed E-state index contributed by atoms with van der Waals surface area (Å²) in [6.07, 6.45) is 3.60. The summed E-state index contributed by atoms with van der Waals surface area (Å²) in [6.45, 7) is 1.50. The number of aliphatic hydroxyl groups excluding tert-OH is 1. The van der Waals surface area contributed by atoms with Crippen LogP contribution in [0.4, 0.5) is 0 Å². The average Bonchev–Trinajstić information content (AvgIpc) is 3.05. The molecule has 2 N–H and O–H groups in total. The fraction of sp³-hybridized carbons (Fsp3) is 0.500. The molecule has 0 aromatic heterocycles. The lowest BCUT2D eigenvalue weighted by Crippen LogP contribution is -2.55. The minimum absolute atomic E-state index is 0.0332. The van der Waals surface area contributed by atoms with Gasteiger partial charge in [-0.3, -0.25) is 15.1 Å². The lowest BCUT2D eigenvalue weighted by atomic mass is 9.68. The van der Waals surface area contributed by atoms with E-state index in [-0.39, 0.29) is 11.1 Å². The summed E-state index contributed by atoms with van der Waals surface area (Å²) in [5.74, 6) is 0.879. The zero-order valence-corrected chi connectivity index (χ0v) is 17.8. The lowest BCUT2D eigenvalue weighted by molar-refractivity contribution is -0.0641. The van der Waals surface area contributed by atoms with Gasteiger partial charge in [-0.15, -0.1) is 0 Å². The molecular formula is C24H33N3O2. The molecule has 1 spiro atoms. The summed E-state index contributed by atoms with van der Waals surface area (Å²) >= 11 is 0. The van der Waals surface area contributed by atoms with E-state index >= 15 is 0 Å². The quantitative estimate of drug-likeness (QED) is 0.815. The van der Waals surface area contributed by atoms with Gasteiger partial charge in [0.05, 0.1) is 7.11 Å². The number of benzene rings is 2. The van der Waals surface area contributed by atoms with E-state index in [9.17, 15) is 5.11 Å². The van der Waals surface area contributed by atoms with Gasteiger partial charge in [-0.25, -0.2) is 0 Å². The molecule has 29 heavy (non-hydrogen) atoms. The minimum atomic E-state index is -0.622. The third kappa shape index (κ3) is 3.57. The van der Waals surface area contributed by atoms with Crippen molar-refractivity contribution in [2.45, 2.75) is 49.7 Å². The van der Waals surface area contributed by atoms with Gasteiger partial charge in [0.1, 0.15) is 5.75 Å². The Morgan fingerprint density at radius 3 is 2.34 bits per heavy atom. The van der Waals surface area contributed by atoms with Crippen LogP contribution >= 0.6 is 0 Å². The van der Waals surface area contributed by atoms with E-state index in [0.717, 1.165) is 43.5 Å². The molecule has 1 saturated heterocycles. The number of aliphatic hydroxyl groups is 1. The van der Waals surface area contributed by atoms with Gasteiger partial charge in [0.2, 0.25) is 0 Å². The molecule has 2 aromatic rings. The summed E-state index contributed by atoms with van der Waals surface area (Å²) in [7, 11) is 6.10. The van der Waals surface area contributed by atoms with Crippen LogP contribution in [-0.4, -0.2) is 54.5 Å². The van der Waals surface area contributed by atoms with E-state index in [2.05, 4.69) is 65.6 Å². The maximum atomic E-state index is 10.8. The van der Waals surface area contributed by atoms with Crippen molar-refractivity contribution >= 4 is 0 Å². The first-order valence-electron chi connectivity index (χ1n) is 10.5. The molecule has 5 nitrogen and oxygen atoms in total. The first kappa shape index (κ1) is 20.4. The van der Waals surface area contributed by atoms with Crippen molar-refractivity contribution in [3.8, 4) is 5.75 Å². The highest BCUT2D eigenvalue weighted by Crippen LogP contribution is 2.48. The molecule has 1 heterocycles. The summed E-state index contributed by atoms with van der Waals surface area (Å²) in [5, 5.41) is 14.1. The van der Waals surface area contributed by atoms with Crippen molar-refractivity contribution in [1.82, 2.24) is 15.1 Å². The van der Waals surface area contributed by atoms with Crippen molar-refractivity contribution < 1.29 is 9.84 Å². The largest absolute Gasteiger partial charge is 0.496 e. The van der Waals surface area contributed by atoms with Crippen LogP contribution in [0.5, 0.6) is 5.75 Å². The van der Waals surface area contributed by atoms with Gasteiger partial charge in [0.25, 0.3) is 0 Å². The van der Waals surface area contributed by atoms with Crippen molar-refractivity contribution in [2.75, 3.05) is 27.7 Å². The Labute approximate surface area is 174 Å². The Morgan fingerprint density at radius 1 is 1.03 bits per heavy atom. The fourth-order valence-corrected chi connectivity index (χ4v) is 5.36. The van der Waals surface area contributed by atoms with Crippen LogP contribution in [0.25, 0.3) is 0 Å². The van der Waals surface area contributed by atoms with Crippen molar-refractivity contribution in [2.24, 2.45) is 0 Å². The summed E-state index contributed by atoms with van der Waals surface area (Å²) in [4.78, 5) is 4.63. The number of ether oxygens (including phenoxy) is 1.